The molecule has 0 aliphatic carbocycles. The molecule has 0 aliphatic heterocycles. The van der Waals surface area contributed by atoms with E-state index in [0.717, 1.165) is 0 Å². The number of rotatable bonds is 0. The normalized spacial score (nSPS) is 1.50. The van der Waals surface area contributed by atoms with Crippen LogP contribution >= 0.6 is 0 Å². The van der Waals surface area contributed by atoms with Gasteiger partial charge in [0, 0.05) is 0 Å². The van der Waals surface area contributed by atoms with E-state index in [1.807, 2.05) is 0 Å². The first-order valence-electron chi connectivity index (χ1n) is 0.200. The van der Waals surface area contributed by atoms with E-state index in [2.05, 4.69) is 0 Å². The Labute approximate surface area is 51.0 Å². The fourth-order valence-corrected chi connectivity index (χ4v) is 0. The summed E-state index contributed by atoms with van der Waals surface area (Å²) in [5.74, 6) is 0. The molecule has 2 nitrogen and oxygen atoms in total. The quantitative estimate of drug-likeness (QED) is 0.204. The molecule has 0 unspecified atom stereocenters. The van der Waals surface area contributed by atoms with Gasteiger partial charge in [0.05, 0.1) is 0 Å². The first kappa shape index (κ1) is 18.9. The maximum atomic E-state index is 6.00. The third-order valence-corrected chi connectivity index (χ3v) is 0. The fraction of sp³-hybridized carbons (Fsp3) is 0. The molecule has 2 N–H and O–H groups in total. The molecule has 0 heterocycles. The topological polar surface area (TPSA) is 40.5 Å². The Balaban J connectivity index is -0.00000000500. The smallest absolute Gasteiger partial charge is 0.255 e. The van der Waals surface area contributed by atoms with Crippen molar-refractivity contribution in [1.82, 2.24) is 0 Å². The second kappa shape index (κ2) is 29.4. The predicted octanol–water partition coefficient (Wildman–Crippen LogP) is -2.08. The zero-order valence-corrected chi connectivity index (χ0v) is 0.894. The predicted molar refractivity (Wildman–Crippen MR) is 23.7 cm³/mol. The Morgan fingerprint density at radius 1 is 1.00 bits per heavy atom. The highest BCUT2D eigenvalue weighted by atomic mass is 27.0. The Morgan fingerprint density at radius 3 is 1.00 bits per heavy atom. The van der Waals surface area contributed by atoms with Crippen molar-refractivity contribution in [1.29, 1.82) is 0 Å². The molecule has 0 amide bonds. The Kier molecular flexibility index (Phi) is 139. The van der Waals surface area contributed by atoms with Crippen molar-refractivity contribution < 1.29 is 10.5 Å². The number of hydrogen-bond acceptors (Lipinski definition) is 2. The molecule has 24 valence electrons. The van der Waals surface area contributed by atoms with Crippen molar-refractivity contribution in [3.05, 3.63) is 0 Å². The average molecular weight is 90.3 g/mol. The molecule has 0 spiro atoms. The van der Waals surface area contributed by atoms with Gasteiger partial charge < -0.3 is 0 Å². The lowest BCUT2D eigenvalue weighted by atomic mass is 15.0. The summed E-state index contributed by atoms with van der Waals surface area (Å²) in [7, 11) is 0. The summed E-state index contributed by atoms with van der Waals surface area (Å²) in [5, 5.41) is 12.0. The molecule has 0 bridgehead atoms. The Bertz CT molecular complexity index is 6.00. The second-order valence-corrected chi connectivity index (χ2v) is 0. The molecule has 0 rings (SSSR count). The lowest BCUT2D eigenvalue weighted by Crippen LogP contribution is -1.29. The molecule has 0 saturated heterocycles. The van der Waals surface area contributed by atoms with Crippen molar-refractivity contribution in [2.75, 3.05) is 0 Å². The first-order valence-corrected chi connectivity index (χ1v) is 0.200. The largest absolute Gasteiger partial charge is 0.316 e. The molecule has 0 fully saturated rings. The second-order valence-electron chi connectivity index (χ2n) is 0. The van der Waals surface area contributed by atoms with Crippen molar-refractivity contribution in [3.63, 3.8) is 0 Å². The van der Waals surface area contributed by atoms with Crippen molar-refractivity contribution in [3.8, 4) is 0 Å². The van der Waals surface area contributed by atoms with Gasteiger partial charge in [0.15, 0.2) is 17.4 Å². The summed E-state index contributed by atoms with van der Waals surface area (Å²) in [4.78, 5) is 0. The minimum Gasteiger partial charge on any atom is -0.255 e. The SMILES string of the molecule is OO.[AlH3].[MgH2]. The van der Waals surface area contributed by atoms with E-state index in [1.54, 1.807) is 0 Å². The lowest BCUT2D eigenvalue weighted by Gasteiger charge is -1.25. The van der Waals surface area contributed by atoms with Crippen LogP contribution in [0.5, 0.6) is 0 Å². The van der Waals surface area contributed by atoms with E-state index in [1.165, 1.54) is 0 Å². The van der Waals surface area contributed by atoms with Gasteiger partial charge in [-0.1, -0.05) is 0 Å². The summed E-state index contributed by atoms with van der Waals surface area (Å²) in [5.41, 5.74) is 0. The van der Waals surface area contributed by atoms with Gasteiger partial charge in [-0.3, -0.25) is 10.5 Å². The summed E-state index contributed by atoms with van der Waals surface area (Å²) < 4.78 is 0. The van der Waals surface area contributed by atoms with Crippen LogP contribution in [0.15, 0.2) is 0 Å². The molecule has 0 aliphatic rings. The van der Waals surface area contributed by atoms with Crippen molar-refractivity contribution in [2.45, 2.75) is 0 Å². The molecular weight excluding hydrogens is 83.3 g/mol. The summed E-state index contributed by atoms with van der Waals surface area (Å²) >= 11 is 0. The van der Waals surface area contributed by atoms with Gasteiger partial charge >= 0.3 is 23.1 Å². The lowest BCUT2D eigenvalue weighted by molar-refractivity contribution is -0.176. The van der Waals surface area contributed by atoms with Crippen LogP contribution < -0.4 is 0 Å². The van der Waals surface area contributed by atoms with E-state index in [-0.39, 0.29) is 40.4 Å². The maximum Gasteiger partial charge on any atom is 0.316 e. The van der Waals surface area contributed by atoms with Gasteiger partial charge in [-0.05, 0) is 0 Å². The molecule has 0 atom stereocenters. The van der Waals surface area contributed by atoms with Crippen LogP contribution in [-0.4, -0.2) is 50.9 Å². The molecule has 0 aromatic carbocycles. The first-order chi connectivity index (χ1) is 1.00. The molecule has 0 aromatic heterocycles. The Morgan fingerprint density at radius 2 is 1.00 bits per heavy atom. The third-order valence-electron chi connectivity index (χ3n) is 0. The van der Waals surface area contributed by atoms with Crippen molar-refractivity contribution >= 4 is 40.4 Å². The highest BCUT2D eigenvalue weighted by molar-refractivity contribution is 5.76. The fourth-order valence-electron chi connectivity index (χ4n) is 0. The average Bonchev–Trinajstić information content (AvgIpc) is 1.00. The Hall–Kier alpha value is 1.22. The van der Waals surface area contributed by atoms with Crippen molar-refractivity contribution in [2.24, 2.45) is 0 Å². The zero-order chi connectivity index (χ0) is 2.00. The highest BCUT2D eigenvalue weighted by Crippen LogP contribution is 0.711. The van der Waals surface area contributed by atoms with Gasteiger partial charge in [-0.25, -0.2) is 0 Å². The summed E-state index contributed by atoms with van der Waals surface area (Å²) in [6.45, 7) is 0. The van der Waals surface area contributed by atoms with Crippen LogP contribution in [0.25, 0.3) is 0 Å². The van der Waals surface area contributed by atoms with E-state index >= 15 is 0 Å². The molecule has 0 aromatic rings. The van der Waals surface area contributed by atoms with E-state index in [4.69, 9.17) is 10.5 Å². The van der Waals surface area contributed by atoms with Crippen LogP contribution in [0.1, 0.15) is 0 Å². The molecule has 0 radical (unpaired) electrons. The molecular formula is H7AlMgO2. The van der Waals surface area contributed by atoms with E-state index in [9.17, 15) is 0 Å². The summed E-state index contributed by atoms with van der Waals surface area (Å²) in [6, 6.07) is 0. The van der Waals surface area contributed by atoms with Crippen LogP contribution in [0, 0.1) is 0 Å². The number of hydrogen-bond donors (Lipinski definition) is 2. The van der Waals surface area contributed by atoms with E-state index in [0.29, 0.717) is 0 Å². The molecule has 4 heteroatoms. The third kappa shape index (κ3) is 10.7. The van der Waals surface area contributed by atoms with Gasteiger partial charge in [0.25, 0.3) is 0 Å². The van der Waals surface area contributed by atoms with Gasteiger partial charge in [-0.15, -0.1) is 0 Å². The monoisotopic (exact) mass is 90.0 g/mol. The zero-order valence-electron chi connectivity index (χ0n) is 0.894. The van der Waals surface area contributed by atoms with Gasteiger partial charge in [0.2, 0.25) is 0 Å². The molecule has 0 saturated carbocycles. The maximum absolute atomic E-state index is 6.00. The molecule has 4 heavy (non-hydrogen) atoms. The van der Waals surface area contributed by atoms with Crippen LogP contribution in [0.2, 0.25) is 0 Å². The minimum absolute atomic E-state index is 0. The summed E-state index contributed by atoms with van der Waals surface area (Å²) in [6.07, 6.45) is 0. The van der Waals surface area contributed by atoms with E-state index < -0.39 is 0 Å². The van der Waals surface area contributed by atoms with Gasteiger partial charge in [-0.2, -0.15) is 0 Å². The van der Waals surface area contributed by atoms with Crippen LogP contribution in [0.4, 0.5) is 0 Å². The highest BCUT2D eigenvalue weighted by Gasteiger charge is 0.745. The van der Waals surface area contributed by atoms with Gasteiger partial charge in [0.1, 0.15) is 0 Å². The minimum atomic E-state index is 0. The van der Waals surface area contributed by atoms with Crippen LogP contribution in [0.3, 0.4) is 0 Å². The standard InChI is InChI=1S/Al.Mg.H2O2.5H/c;;1-2;;;;;/h;;1-2H;;;;;. The van der Waals surface area contributed by atoms with Crippen LogP contribution in [-0.2, 0) is 0 Å².